The Morgan fingerprint density at radius 1 is 1.22 bits per heavy atom. The van der Waals surface area contributed by atoms with E-state index in [0.29, 0.717) is 5.92 Å². The topological polar surface area (TPSA) is 37.8 Å². The molecule has 0 saturated heterocycles. The normalized spacial score (nSPS) is 16.2. The van der Waals surface area contributed by atoms with Gasteiger partial charge in [0.05, 0.1) is 10.2 Å². The number of rotatable bonds is 5. The summed E-state index contributed by atoms with van der Waals surface area (Å²) in [4.78, 5) is 9.33. The largest absolute Gasteiger partial charge is 0.369 e. The summed E-state index contributed by atoms with van der Waals surface area (Å²) in [6.45, 7) is 5.24. The highest BCUT2D eigenvalue weighted by molar-refractivity contribution is 9.10. The van der Waals surface area contributed by atoms with Gasteiger partial charge in [0.25, 0.3) is 0 Å². The highest BCUT2D eigenvalue weighted by Crippen LogP contribution is 2.38. The minimum atomic E-state index is 0.620. The van der Waals surface area contributed by atoms with E-state index in [9.17, 15) is 0 Å². The maximum Gasteiger partial charge on any atom is 0.144 e. The van der Waals surface area contributed by atoms with E-state index < -0.39 is 0 Å². The van der Waals surface area contributed by atoms with Crippen LogP contribution >= 0.6 is 15.9 Å². The zero-order chi connectivity index (χ0) is 13.0. The third-order valence-corrected chi connectivity index (χ3v) is 4.31. The van der Waals surface area contributed by atoms with Gasteiger partial charge < -0.3 is 5.32 Å². The fourth-order valence-electron chi connectivity index (χ4n) is 2.50. The van der Waals surface area contributed by atoms with Crippen molar-refractivity contribution in [2.24, 2.45) is 0 Å². The van der Waals surface area contributed by atoms with Gasteiger partial charge in [-0.1, -0.05) is 26.7 Å². The second-order valence-electron chi connectivity index (χ2n) is 4.95. The average molecular weight is 312 g/mol. The molecule has 1 aromatic rings. The quantitative estimate of drug-likeness (QED) is 0.882. The molecule has 0 atom stereocenters. The standard InChI is InChI=1S/C14H22BrN3/c1-3-9-16-14-12(15)13(10-7-5-6-8-10)17-11(4-2)18-14/h10H,3-9H2,1-2H3,(H,16,17,18). The second kappa shape index (κ2) is 6.50. The minimum Gasteiger partial charge on any atom is -0.369 e. The first-order chi connectivity index (χ1) is 8.76. The number of aromatic nitrogens is 2. The Hall–Kier alpha value is -0.640. The molecule has 0 spiro atoms. The van der Waals surface area contributed by atoms with E-state index in [1.54, 1.807) is 0 Å². The molecule has 4 heteroatoms. The molecule has 1 heterocycles. The number of anilines is 1. The molecule has 1 aromatic heterocycles. The minimum absolute atomic E-state index is 0.620. The van der Waals surface area contributed by atoms with Crippen molar-refractivity contribution in [3.63, 3.8) is 0 Å². The van der Waals surface area contributed by atoms with Crippen molar-refractivity contribution in [2.75, 3.05) is 11.9 Å². The zero-order valence-corrected chi connectivity index (χ0v) is 12.9. The summed E-state index contributed by atoms with van der Waals surface area (Å²) < 4.78 is 1.08. The first-order valence-electron chi connectivity index (χ1n) is 7.06. The summed E-state index contributed by atoms with van der Waals surface area (Å²) in [6, 6.07) is 0. The highest BCUT2D eigenvalue weighted by Gasteiger charge is 2.23. The Kier molecular flexibility index (Phi) is 4.98. The van der Waals surface area contributed by atoms with E-state index in [-0.39, 0.29) is 0 Å². The van der Waals surface area contributed by atoms with Gasteiger partial charge in [-0.15, -0.1) is 0 Å². The fraction of sp³-hybridized carbons (Fsp3) is 0.714. The smallest absolute Gasteiger partial charge is 0.144 e. The van der Waals surface area contributed by atoms with Crippen LogP contribution in [0.15, 0.2) is 4.47 Å². The molecule has 1 aliphatic rings. The Morgan fingerprint density at radius 3 is 2.56 bits per heavy atom. The molecule has 1 aliphatic carbocycles. The highest BCUT2D eigenvalue weighted by atomic mass is 79.9. The molecule has 1 N–H and O–H groups in total. The maximum atomic E-state index is 4.74. The number of nitrogens with zero attached hydrogens (tertiary/aromatic N) is 2. The van der Waals surface area contributed by atoms with E-state index in [1.165, 1.54) is 31.4 Å². The van der Waals surface area contributed by atoms with E-state index in [1.807, 2.05) is 0 Å². The molecule has 1 fully saturated rings. The Balaban J connectivity index is 2.31. The maximum absolute atomic E-state index is 4.74. The van der Waals surface area contributed by atoms with E-state index in [0.717, 1.165) is 35.5 Å². The van der Waals surface area contributed by atoms with Crippen LogP contribution in [0.3, 0.4) is 0 Å². The van der Waals surface area contributed by atoms with Crippen LogP contribution in [0.5, 0.6) is 0 Å². The van der Waals surface area contributed by atoms with Crippen molar-refractivity contribution in [3.8, 4) is 0 Å². The van der Waals surface area contributed by atoms with Gasteiger partial charge in [-0.3, -0.25) is 0 Å². The number of nitrogens with one attached hydrogen (secondary N) is 1. The summed E-state index contributed by atoms with van der Waals surface area (Å²) in [5.41, 5.74) is 1.22. The Morgan fingerprint density at radius 2 is 1.94 bits per heavy atom. The molecule has 0 bridgehead atoms. The summed E-state index contributed by atoms with van der Waals surface area (Å²) in [7, 11) is 0. The lowest BCUT2D eigenvalue weighted by Gasteiger charge is -2.16. The molecule has 100 valence electrons. The predicted molar refractivity (Wildman–Crippen MR) is 79.1 cm³/mol. The van der Waals surface area contributed by atoms with Gasteiger partial charge in [0.15, 0.2) is 0 Å². The second-order valence-corrected chi connectivity index (χ2v) is 5.74. The lowest BCUT2D eigenvalue weighted by molar-refractivity contribution is 0.680. The number of hydrogen-bond donors (Lipinski definition) is 1. The van der Waals surface area contributed by atoms with E-state index in [4.69, 9.17) is 4.98 Å². The van der Waals surface area contributed by atoms with Crippen LogP contribution in [-0.2, 0) is 6.42 Å². The van der Waals surface area contributed by atoms with Crippen LogP contribution in [0, 0.1) is 0 Å². The fourth-order valence-corrected chi connectivity index (χ4v) is 3.14. The van der Waals surface area contributed by atoms with E-state index in [2.05, 4.69) is 40.1 Å². The lowest BCUT2D eigenvalue weighted by atomic mass is 10.0. The number of halogens is 1. The first-order valence-corrected chi connectivity index (χ1v) is 7.85. The SMILES string of the molecule is CCCNc1nc(CC)nc(C2CCCC2)c1Br. The van der Waals surface area contributed by atoms with Gasteiger partial charge in [0.1, 0.15) is 11.6 Å². The summed E-state index contributed by atoms with van der Waals surface area (Å²) in [5, 5.41) is 3.40. The van der Waals surface area contributed by atoms with Crippen molar-refractivity contribution in [1.29, 1.82) is 0 Å². The van der Waals surface area contributed by atoms with Gasteiger partial charge in [-0.2, -0.15) is 0 Å². The van der Waals surface area contributed by atoms with E-state index >= 15 is 0 Å². The molecule has 0 aliphatic heterocycles. The predicted octanol–water partition coefficient (Wildman–Crippen LogP) is 4.28. The molecule has 2 rings (SSSR count). The summed E-state index contributed by atoms with van der Waals surface area (Å²) >= 11 is 3.70. The van der Waals surface area contributed by atoms with Gasteiger partial charge in [0, 0.05) is 18.9 Å². The van der Waals surface area contributed by atoms with Crippen molar-refractivity contribution in [1.82, 2.24) is 9.97 Å². The van der Waals surface area contributed by atoms with Gasteiger partial charge in [-0.05, 0) is 35.2 Å². The lowest BCUT2D eigenvalue weighted by Crippen LogP contribution is -2.10. The van der Waals surface area contributed by atoms with Gasteiger partial charge in [-0.25, -0.2) is 9.97 Å². The van der Waals surface area contributed by atoms with Crippen LogP contribution in [0.2, 0.25) is 0 Å². The van der Waals surface area contributed by atoms with Crippen molar-refractivity contribution in [3.05, 3.63) is 16.0 Å². The summed E-state index contributed by atoms with van der Waals surface area (Å²) in [6.07, 6.45) is 7.21. The van der Waals surface area contributed by atoms with Crippen molar-refractivity contribution < 1.29 is 0 Å². The van der Waals surface area contributed by atoms with Gasteiger partial charge >= 0.3 is 0 Å². The molecule has 18 heavy (non-hydrogen) atoms. The van der Waals surface area contributed by atoms with Crippen LogP contribution in [0.1, 0.15) is 63.4 Å². The number of hydrogen-bond acceptors (Lipinski definition) is 3. The molecule has 0 aromatic carbocycles. The molecular formula is C14H22BrN3. The van der Waals surface area contributed by atoms with Crippen LogP contribution in [-0.4, -0.2) is 16.5 Å². The zero-order valence-electron chi connectivity index (χ0n) is 11.3. The van der Waals surface area contributed by atoms with Crippen LogP contribution in [0.25, 0.3) is 0 Å². The van der Waals surface area contributed by atoms with Crippen molar-refractivity contribution >= 4 is 21.7 Å². The molecule has 0 radical (unpaired) electrons. The molecular weight excluding hydrogens is 290 g/mol. The summed E-state index contributed by atoms with van der Waals surface area (Å²) in [5.74, 6) is 2.55. The molecule has 0 amide bonds. The molecule has 3 nitrogen and oxygen atoms in total. The molecule has 0 unspecified atom stereocenters. The van der Waals surface area contributed by atoms with Crippen LogP contribution < -0.4 is 5.32 Å². The monoisotopic (exact) mass is 311 g/mol. The third kappa shape index (κ3) is 3.02. The van der Waals surface area contributed by atoms with Crippen molar-refractivity contribution in [2.45, 2.75) is 58.3 Å². The van der Waals surface area contributed by atoms with Crippen LogP contribution in [0.4, 0.5) is 5.82 Å². The number of aryl methyl sites for hydroxylation is 1. The third-order valence-electron chi connectivity index (χ3n) is 3.52. The Bertz CT molecular complexity index is 400. The molecule has 1 saturated carbocycles. The van der Waals surface area contributed by atoms with Gasteiger partial charge in [0.2, 0.25) is 0 Å². The Labute approximate surface area is 118 Å². The first kappa shape index (κ1) is 13.8. The average Bonchev–Trinajstić information content (AvgIpc) is 2.91.